The Hall–Kier alpha value is -2.62. The van der Waals surface area contributed by atoms with Gasteiger partial charge in [0.25, 0.3) is 5.91 Å². The van der Waals surface area contributed by atoms with E-state index < -0.39 is 0 Å². The second-order valence-corrected chi connectivity index (χ2v) is 6.06. The highest BCUT2D eigenvalue weighted by molar-refractivity contribution is 6.05. The van der Waals surface area contributed by atoms with Crippen LogP contribution in [0.4, 0.5) is 11.4 Å². The average Bonchev–Trinajstić information content (AvgIpc) is 2.52. The van der Waals surface area contributed by atoms with Gasteiger partial charge < -0.3 is 10.6 Å². The van der Waals surface area contributed by atoms with Crippen molar-refractivity contribution in [3.05, 3.63) is 59.2 Å². The molecule has 0 bridgehead atoms. The van der Waals surface area contributed by atoms with Crippen molar-refractivity contribution in [1.29, 1.82) is 0 Å². The van der Waals surface area contributed by atoms with E-state index in [1.807, 2.05) is 50.2 Å². The van der Waals surface area contributed by atoms with Crippen LogP contribution >= 0.6 is 0 Å². The molecule has 0 unspecified atom stereocenters. The van der Waals surface area contributed by atoms with Gasteiger partial charge in [-0.25, -0.2) is 0 Å². The Morgan fingerprint density at radius 1 is 0.917 bits per heavy atom. The lowest BCUT2D eigenvalue weighted by atomic mass is 10.1. The lowest BCUT2D eigenvalue weighted by molar-refractivity contribution is -0.116. The first-order valence-corrected chi connectivity index (χ1v) is 8.27. The lowest BCUT2D eigenvalue weighted by Gasteiger charge is -2.10. The molecule has 2 aromatic carbocycles. The highest BCUT2D eigenvalue weighted by Crippen LogP contribution is 2.17. The maximum Gasteiger partial charge on any atom is 0.255 e. The Balaban J connectivity index is 2.06. The molecule has 2 rings (SSSR count). The van der Waals surface area contributed by atoms with Crippen LogP contribution in [0.1, 0.15) is 47.7 Å². The van der Waals surface area contributed by atoms with Gasteiger partial charge in [0.05, 0.1) is 0 Å². The summed E-state index contributed by atoms with van der Waals surface area (Å²) >= 11 is 0. The fourth-order valence-electron chi connectivity index (χ4n) is 2.54. The molecule has 0 aromatic heterocycles. The third-order valence-corrected chi connectivity index (χ3v) is 3.65. The second kappa shape index (κ2) is 8.29. The molecule has 126 valence electrons. The van der Waals surface area contributed by atoms with Crippen LogP contribution in [0.5, 0.6) is 0 Å². The van der Waals surface area contributed by atoms with E-state index in [1.165, 1.54) is 0 Å². The van der Waals surface area contributed by atoms with E-state index in [9.17, 15) is 9.59 Å². The monoisotopic (exact) mass is 324 g/mol. The molecule has 0 saturated carbocycles. The summed E-state index contributed by atoms with van der Waals surface area (Å²) < 4.78 is 0. The fourth-order valence-corrected chi connectivity index (χ4v) is 2.54. The molecule has 0 radical (unpaired) electrons. The third-order valence-electron chi connectivity index (χ3n) is 3.65. The number of nitrogens with one attached hydrogen (secondary N) is 2. The van der Waals surface area contributed by atoms with Gasteiger partial charge in [0.2, 0.25) is 5.91 Å². The van der Waals surface area contributed by atoms with E-state index in [1.54, 1.807) is 6.07 Å². The number of unbranched alkanes of at least 4 members (excludes halogenated alkanes) is 1. The summed E-state index contributed by atoms with van der Waals surface area (Å²) in [5, 5.41) is 5.74. The minimum atomic E-state index is -0.156. The molecule has 0 aliphatic rings. The number of benzene rings is 2. The molecule has 0 heterocycles. The fraction of sp³-hybridized carbons (Fsp3) is 0.300. The maximum atomic E-state index is 12.4. The van der Waals surface area contributed by atoms with Gasteiger partial charge in [-0.3, -0.25) is 9.59 Å². The lowest BCUT2D eigenvalue weighted by Crippen LogP contribution is -2.14. The quantitative estimate of drug-likeness (QED) is 0.810. The predicted molar refractivity (Wildman–Crippen MR) is 98.5 cm³/mol. The van der Waals surface area contributed by atoms with Crippen LogP contribution in [0.2, 0.25) is 0 Å². The molecule has 0 aliphatic carbocycles. The number of anilines is 2. The number of carbonyl (C=O) groups is 2. The van der Waals surface area contributed by atoms with E-state index in [0.717, 1.165) is 24.0 Å². The van der Waals surface area contributed by atoms with E-state index >= 15 is 0 Å². The molecular formula is C20H24N2O2. The van der Waals surface area contributed by atoms with E-state index in [4.69, 9.17) is 0 Å². The highest BCUT2D eigenvalue weighted by atomic mass is 16.2. The number of amides is 2. The SMILES string of the molecule is CCCCC(=O)Nc1cccc(NC(=O)c2cc(C)cc(C)c2)c1. The number of rotatable bonds is 6. The van der Waals surface area contributed by atoms with Crippen LogP contribution in [0, 0.1) is 13.8 Å². The first-order chi connectivity index (χ1) is 11.5. The molecule has 0 aliphatic heterocycles. The summed E-state index contributed by atoms with van der Waals surface area (Å²) in [6, 6.07) is 13.0. The molecule has 0 spiro atoms. The molecular weight excluding hydrogens is 300 g/mol. The number of carbonyl (C=O) groups excluding carboxylic acids is 2. The summed E-state index contributed by atoms with van der Waals surface area (Å²) in [7, 11) is 0. The molecule has 0 fully saturated rings. The van der Waals surface area contributed by atoms with Crippen LogP contribution in [-0.2, 0) is 4.79 Å². The van der Waals surface area contributed by atoms with Crippen molar-refractivity contribution in [3.8, 4) is 0 Å². The van der Waals surface area contributed by atoms with Crippen LogP contribution < -0.4 is 10.6 Å². The van der Waals surface area contributed by atoms with Gasteiger partial charge in [0, 0.05) is 23.4 Å². The highest BCUT2D eigenvalue weighted by Gasteiger charge is 2.08. The van der Waals surface area contributed by atoms with Gasteiger partial charge in [0.1, 0.15) is 0 Å². The molecule has 2 N–H and O–H groups in total. The van der Waals surface area contributed by atoms with Gasteiger partial charge in [-0.05, 0) is 50.6 Å². The van der Waals surface area contributed by atoms with Crippen molar-refractivity contribution in [2.45, 2.75) is 40.0 Å². The van der Waals surface area contributed by atoms with Gasteiger partial charge in [-0.1, -0.05) is 36.6 Å². The minimum absolute atomic E-state index is 0.00497. The maximum absolute atomic E-state index is 12.4. The van der Waals surface area contributed by atoms with E-state index in [-0.39, 0.29) is 11.8 Å². The van der Waals surface area contributed by atoms with Crippen molar-refractivity contribution in [2.24, 2.45) is 0 Å². The molecule has 0 atom stereocenters. The first kappa shape index (κ1) is 17.7. The van der Waals surface area contributed by atoms with E-state index in [2.05, 4.69) is 17.6 Å². The summed E-state index contributed by atoms with van der Waals surface area (Å²) in [5.74, 6) is -0.161. The average molecular weight is 324 g/mol. The minimum Gasteiger partial charge on any atom is -0.326 e. The smallest absolute Gasteiger partial charge is 0.255 e. The van der Waals surface area contributed by atoms with Crippen LogP contribution in [0.25, 0.3) is 0 Å². The molecule has 0 saturated heterocycles. The summed E-state index contributed by atoms with van der Waals surface area (Å²) in [6.07, 6.45) is 2.37. The van der Waals surface area contributed by atoms with Crippen LogP contribution in [-0.4, -0.2) is 11.8 Å². The normalized spacial score (nSPS) is 10.3. The largest absolute Gasteiger partial charge is 0.326 e. The standard InChI is InChI=1S/C20H24N2O2/c1-4-5-9-19(23)21-17-7-6-8-18(13-17)22-20(24)16-11-14(2)10-15(3)12-16/h6-8,10-13H,4-5,9H2,1-3H3,(H,21,23)(H,22,24). The number of hydrogen-bond donors (Lipinski definition) is 2. The van der Waals surface area contributed by atoms with Crippen molar-refractivity contribution < 1.29 is 9.59 Å². The number of aryl methyl sites for hydroxylation is 2. The van der Waals surface area contributed by atoms with Gasteiger partial charge in [-0.2, -0.15) is 0 Å². The Labute approximate surface area is 143 Å². The zero-order chi connectivity index (χ0) is 17.5. The van der Waals surface area contributed by atoms with Crippen molar-refractivity contribution in [1.82, 2.24) is 0 Å². The predicted octanol–water partition coefficient (Wildman–Crippen LogP) is 4.68. The van der Waals surface area contributed by atoms with Crippen molar-refractivity contribution in [3.63, 3.8) is 0 Å². The first-order valence-electron chi connectivity index (χ1n) is 8.27. The van der Waals surface area contributed by atoms with Crippen molar-refractivity contribution >= 4 is 23.2 Å². The van der Waals surface area contributed by atoms with Gasteiger partial charge in [-0.15, -0.1) is 0 Å². The third kappa shape index (κ3) is 5.23. The Kier molecular flexibility index (Phi) is 6.13. The molecule has 4 heteroatoms. The second-order valence-electron chi connectivity index (χ2n) is 6.06. The van der Waals surface area contributed by atoms with Crippen LogP contribution in [0.3, 0.4) is 0 Å². The van der Waals surface area contributed by atoms with Crippen molar-refractivity contribution in [2.75, 3.05) is 10.6 Å². The van der Waals surface area contributed by atoms with Gasteiger partial charge >= 0.3 is 0 Å². The Bertz CT molecular complexity index is 718. The summed E-state index contributed by atoms with van der Waals surface area (Å²) in [5.41, 5.74) is 4.08. The molecule has 24 heavy (non-hydrogen) atoms. The Morgan fingerprint density at radius 2 is 1.54 bits per heavy atom. The molecule has 4 nitrogen and oxygen atoms in total. The summed E-state index contributed by atoms with van der Waals surface area (Å²) in [4.78, 5) is 24.2. The molecule has 2 aromatic rings. The van der Waals surface area contributed by atoms with E-state index in [0.29, 0.717) is 23.4 Å². The zero-order valence-electron chi connectivity index (χ0n) is 14.5. The molecule has 2 amide bonds. The number of hydrogen-bond acceptors (Lipinski definition) is 2. The Morgan fingerprint density at radius 3 is 2.17 bits per heavy atom. The zero-order valence-corrected chi connectivity index (χ0v) is 14.5. The summed E-state index contributed by atoms with van der Waals surface area (Å²) in [6.45, 7) is 5.99. The topological polar surface area (TPSA) is 58.2 Å². The van der Waals surface area contributed by atoms with Crippen LogP contribution in [0.15, 0.2) is 42.5 Å². The van der Waals surface area contributed by atoms with Gasteiger partial charge in [0.15, 0.2) is 0 Å².